The second kappa shape index (κ2) is 10.8. The summed E-state index contributed by atoms with van der Waals surface area (Å²) in [5.41, 5.74) is 6.91. The molecular weight excluding hydrogens is 464 g/mol. The molecule has 2 heterocycles. The average Bonchev–Trinajstić information content (AvgIpc) is 3.58. The van der Waals surface area contributed by atoms with Crippen LogP contribution in [0.25, 0.3) is 11.3 Å². The summed E-state index contributed by atoms with van der Waals surface area (Å²) < 4.78 is 2.01. The van der Waals surface area contributed by atoms with Crippen LogP contribution in [0.4, 0.5) is 0 Å². The monoisotopic (exact) mass is 498 g/mol. The molecule has 4 aromatic carbocycles. The number of unbranched alkanes of at least 4 members (excludes halogenated alkanes) is 1. The molecular formula is C34H34N4. The fraction of sp³-hybridized carbons (Fsp3) is 0.235. The molecule has 0 saturated carbocycles. The van der Waals surface area contributed by atoms with Gasteiger partial charge in [-0.15, -0.1) is 5.10 Å². The molecule has 0 spiro atoms. The maximum atomic E-state index is 4.52. The molecule has 4 heteroatoms. The molecule has 1 saturated heterocycles. The van der Waals surface area contributed by atoms with Crippen LogP contribution >= 0.6 is 0 Å². The SMILES string of the molecule is CCCCc1ccc(-c2cn(CC3CN3C(c3ccccc3)(c3ccccc3)c3ccccc3)nn2)cc1. The van der Waals surface area contributed by atoms with Gasteiger partial charge in [0.2, 0.25) is 0 Å². The van der Waals surface area contributed by atoms with Crippen molar-refractivity contribution in [1.82, 2.24) is 19.9 Å². The van der Waals surface area contributed by atoms with Gasteiger partial charge in [0.25, 0.3) is 0 Å². The van der Waals surface area contributed by atoms with E-state index < -0.39 is 0 Å². The van der Waals surface area contributed by atoms with Crippen LogP contribution in [0.1, 0.15) is 42.0 Å². The molecule has 4 nitrogen and oxygen atoms in total. The molecule has 2 atom stereocenters. The molecule has 0 bridgehead atoms. The lowest BCUT2D eigenvalue weighted by Gasteiger charge is -2.38. The molecule has 5 aromatic rings. The summed E-state index contributed by atoms with van der Waals surface area (Å²) in [6.45, 7) is 4.02. The van der Waals surface area contributed by atoms with Crippen LogP contribution in [-0.2, 0) is 18.5 Å². The van der Waals surface area contributed by atoms with E-state index in [-0.39, 0.29) is 5.54 Å². The highest BCUT2D eigenvalue weighted by Crippen LogP contribution is 2.48. The van der Waals surface area contributed by atoms with Crippen LogP contribution in [0.2, 0.25) is 0 Å². The second-order valence-corrected chi connectivity index (χ2v) is 10.2. The Morgan fingerprint density at radius 2 is 1.29 bits per heavy atom. The summed E-state index contributed by atoms with van der Waals surface area (Å²) >= 11 is 0. The van der Waals surface area contributed by atoms with Crippen molar-refractivity contribution in [1.29, 1.82) is 0 Å². The zero-order valence-electron chi connectivity index (χ0n) is 21.9. The van der Waals surface area contributed by atoms with Crippen LogP contribution in [0, 0.1) is 0 Å². The van der Waals surface area contributed by atoms with Gasteiger partial charge in [0, 0.05) is 18.2 Å². The lowest BCUT2D eigenvalue weighted by Crippen LogP contribution is -2.39. The predicted octanol–water partition coefficient (Wildman–Crippen LogP) is 6.96. The van der Waals surface area contributed by atoms with Gasteiger partial charge in [0.15, 0.2) is 0 Å². The molecule has 1 aliphatic rings. The Balaban J connectivity index is 1.29. The first-order valence-electron chi connectivity index (χ1n) is 13.7. The van der Waals surface area contributed by atoms with Gasteiger partial charge in [-0.3, -0.25) is 9.58 Å². The van der Waals surface area contributed by atoms with Crippen molar-refractivity contribution in [2.24, 2.45) is 0 Å². The molecule has 0 N–H and O–H groups in total. The van der Waals surface area contributed by atoms with E-state index in [1.807, 2.05) is 4.68 Å². The maximum absolute atomic E-state index is 4.52. The first-order chi connectivity index (χ1) is 18.8. The van der Waals surface area contributed by atoms with Crippen molar-refractivity contribution in [3.63, 3.8) is 0 Å². The quantitative estimate of drug-likeness (QED) is 0.154. The topological polar surface area (TPSA) is 33.7 Å². The van der Waals surface area contributed by atoms with E-state index in [2.05, 4.69) is 144 Å². The van der Waals surface area contributed by atoms with E-state index in [0.717, 1.165) is 30.8 Å². The van der Waals surface area contributed by atoms with Crippen molar-refractivity contribution in [2.75, 3.05) is 6.54 Å². The van der Waals surface area contributed by atoms with Crippen LogP contribution in [0.3, 0.4) is 0 Å². The Hall–Kier alpha value is -4.02. The molecule has 0 amide bonds. The molecule has 190 valence electrons. The number of benzene rings is 4. The van der Waals surface area contributed by atoms with Crippen molar-refractivity contribution < 1.29 is 0 Å². The molecule has 6 rings (SSSR count). The summed E-state index contributed by atoms with van der Waals surface area (Å²) in [6, 6.07) is 41.8. The number of nitrogens with zero attached hydrogens (tertiary/aromatic N) is 4. The Labute approximate surface area is 225 Å². The van der Waals surface area contributed by atoms with Crippen molar-refractivity contribution in [3.8, 4) is 11.3 Å². The largest absolute Gasteiger partial charge is 0.278 e. The van der Waals surface area contributed by atoms with Crippen molar-refractivity contribution in [2.45, 2.75) is 44.3 Å². The maximum Gasteiger partial charge on any atom is 0.113 e. The molecule has 38 heavy (non-hydrogen) atoms. The van der Waals surface area contributed by atoms with Gasteiger partial charge in [0.1, 0.15) is 5.69 Å². The van der Waals surface area contributed by atoms with E-state index in [4.69, 9.17) is 0 Å². The van der Waals surface area contributed by atoms with Gasteiger partial charge >= 0.3 is 0 Å². The van der Waals surface area contributed by atoms with Gasteiger partial charge < -0.3 is 0 Å². The number of aromatic nitrogens is 3. The van der Waals surface area contributed by atoms with Crippen LogP contribution in [0.15, 0.2) is 121 Å². The Morgan fingerprint density at radius 1 is 0.737 bits per heavy atom. The van der Waals surface area contributed by atoms with E-state index in [1.54, 1.807) is 0 Å². The molecule has 1 aliphatic heterocycles. The lowest BCUT2D eigenvalue weighted by molar-refractivity contribution is 0.306. The lowest BCUT2D eigenvalue weighted by atomic mass is 9.76. The molecule has 0 radical (unpaired) electrons. The number of hydrogen-bond donors (Lipinski definition) is 0. The fourth-order valence-corrected chi connectivity index (χ4v) is 5.74. The van der Waals surface area contributed by atoms with E-state index in [9.17, 15) is 0 Å². The van der Waals surface area contributed by atoms with E-state index in [1.165, 1.54) is 35.1 Å². The van der Waals surface area contributed by atoms with Crippen LogP contribution in [0.5, 0.6) is 0 Å². The minimum Gasteiger partial charge on any atom is -0.278 e. The first kappa shape index (κ1) is 24.3. The van der Waals surface area contributed by atoms with E-state index in [0.29, 0.717) is 6.04 Å². The first-order valence-corrected chi connectivity index (χ1v) is 13.7. The third-order valence-electron chi connectivity index (χ3n) is 7.73. The number of aryl methyl sites for hydroxylation is 1. The molecule has 2 unspecified atom stereocenters. The van der Waals surface area contributed by atoms with Gasteiger partial charge in [-0.25, -0.2) is 0 Å². The fourth-order valence-electron chi connectivity index (χ4n) is 5.74. The highest BCUT2D eigenvalue weighted by Gasteiger charge is 2.53. The minimum absolute atomic E-state index is 0.349. The Kier molecular flexibility index (Phi) is 6.89. The highest BCUT2D eigenvalue weighted by molar-refractivity contribution is 5.58. The minimum atomic E-state index is -0.369. The van der Waals surface area contributed by atoms with Gasteiger partial charge in [-0.2, -0.15) is 0 Å². The van der Waals surface area contributed by atoms with Crippen molar-refractivity contribution in [3.05, 3.63) is 144 Å². The third kappa shape index (κ3) is 4.68. The van der Waals surface area contributed by atoms with Gasteiger partial charge in [0.05, 0.1) is 18.3 Å². The summed E-state index contributed by atoms with van der Waals surface area (Å²) in [5, 5.41) is 9.03. The summed E-state index contributed by atoms with van der Waals surface area (Å²) in [5.74, 6) is 0. The highest BCUT2D eigenvalue weighted by atomic mass is 15.5. The molecule has 1 aromatic heterocycles. The second-order valence-electron chi connectivity index (χ2n) is 10.2. The van der Waals surface area contributed by atoms with Crippen LogP contribution in [-0.4, -0.2) is 32.5 Å². The van der Waals surface area contributed by atoms with Crippen LogP contribution < -0.4 is 0 Å². The zero-order chi connectivity index (χ0) is 25.8. The summed E-state index contributed by atoms with van der Waals surface area (Å²) in [6.07, 6.45) is 5.66. The smallest absolute Gasteiger partial charge is 0.113 e. The van der Waals surface area contributed by atoms with Gasteiger partial charge in [-0.1, -0.05) is 134 Å². The summed E-state index contributed by atoms with van der Waals surface area (Å²) in [7, 11) is 0. The molecule has 0 aliphatic carbocycles. The normalized spacial score (nSPS) is 16.9. The van der Waals surface area contributed by atoms with Crippen molar-refractivity contribution >= 4 is 0 Å². The predicted molar refractivity (Wildman–Crippen MR) is 154 cm³/mol. The summed E-state index contributed by atoms with van der Waals surface area (Å²) in [4.78, 5) is 2.61. The Morgan fingerprint density at radius 3 is 1.82 bits per heavy atom. The number of rotatable bonds is 10. The van der Waals surface area contributed by atoms with Gasteiger partial charge in [-0.05, 0) is 35.1 Å². The third-order valence-corrected chi connectivity index (χ3v) is 7.73. The Bertz CT molecular complexity index is 1350. The average molecular weight is 499 g/mol. The zero-order valence-corrected chi connectivity index (χ0v) is 21.9. The van der Waals surface area contributed by atoms with E-state index >= 15 is 0 Å². The molecule has 1 fully saturated rings. The standard InChI is InChI=1S/C34H34N4/c1-2-3-13-27-20-22-28(23-21-27)33-26-37(36-35-33)24-32-25-38(32)34(29-14-7-4-8-15-29,30-16-9-5-10-17-30)31-18-11-6-12-19-31/h4-12,14-23,26,32H,2-3,13,24-25H2,1H3. The number of hydrogen-bond acceptors (Lipinski definition) is 3.